The molecule has 0 saturated heterocycles. The molecule has 2 aliphatic carbocycles. The summed E-state index contributed by atoms with van der Waals surface area (Å²) in [7, 11) is 0. The molecule has 7 nitrogen and oxygen atoms in total. The van der Waals surface area contributed by atoms with E-state index in [1.165, 1.54) is 12.1 Å². The summed E-state index contributed by atoms with van der Waals surface area (Å²) in [6.45, 7) is 0.517. The highest BCUT2D eigenvalue weighted by molar-refractivity contribution is 6.20. The fraction of sp³-hybridized carbons (Fsp3) is 0.400. The van der Waals surface area contributed by atoms with E-state index in [1.54, 1.807) is 23.7 Å². The molecule has 1 aromatic carbocycles. The third kappa shape index (κ3) is 7.98. The molecule has 0 heterocycles. The summed E-state index contributed by atoms with van der Waals surface area (Å²) in [5, 5.41) is 14.3. The minimum Gasteiger partial charge on any atom is -0.352 e. The highest BCUT2D eigenvalue weighted by atomic mass is 19.1. The number of carbonyl (C=O) groups excluding carboxylic acids is 3. The van der Waals surface area contributed by atoms with E-state index in [0.29, 0.717) is 42.5 Å². The van der Waals surface area contributed by atoms with Crippen LogP contribution in [0.25, 0.3) is 5.57 Å². The first-order valence-corrected chi connectivity index (χ1v) is 11.4. The fourth-order valence-electron chi connectivity index (χ4n) is 3.51. The average molecular weight is 456 g/mol. The number of benzene rings is 1. The van der Waals surface area contributed by atoms with Gasteiger partial charge in [-0.2, -0.15) is 0 Å². The predicted molar refractivity (Wildman–Crippen MR) is 122 cm³/mol. The predicted octanol–water partition coefficient (Wildman–Crippen LogP) is 3.32. The molecule has 1 fully saturated rings. The van der Waals surface area contributed by atoms with Crippen molar-refractivity contribution in [2.75, 3.05) is 6.54 Å². The van der Waals surface area contributed by atoms with Gasteiger partial charge in [0.25, 0.3) is 5.91 Å². The Balaban J connectivity index is 1.57. The molecule has 176 valence electrons. The lowest BCUT2D eigenvalue weighted by molar-refractivity contribution is -0.129. The molecule has 0 unspecified atom stereocenters. The Morgan fingerprint density at radius 2 is 1.79 bits per heavy atom. The molecule has 8 heteroatoms. The van der Waals surface area contributed by atoms with Gasteiger partial charge in [0.15, 0.2) is 0 Å². The van der Waals surface area contributed by atoms with Crippen LogP contribution >= 0.6 is 0 Å². The van der Waals surface area contributed by atoms with Gasteiger partial charge in [0.05, 0.1) is 0 Å². The van der Waals surface area contributed by atoms with Gasteiger partial charge in [-0.3, -0.25) is 19.6 Å². The van der Waals surface area contributed by atoms with Crippen LogP contribution in [0.15, 0.2) is 53.6 Å². The summed E-state index contributed by atoms with van der Waals surface area (Å²) in [6, 6.07) is 6.09. The second-order valence-electron chi connectivity index (χ2n) is 8.35. The van der Waals surface area contributed by atoms with E-state index in [0.717, 1.165) is 31.3 Å². The highest BCUT2D eigenvalue weighted by Gasteiger charge is 2.25. The Kier molecular flexibility index (Phi) is 8.95. The van der Waals surface area contributed by atoms with E-state index in [2.05, 4.69) is 10.6 Å². The van der Waals surface area contributed by atoms with Gasteiger partial charge in [-0.1, -0.05) is 30.7 Å². The van der Waals surface area contributed by atoms with Crippen LogP contribution in [0.3, 0.4) is 0 Å². The topological polar surface area (TPSA) is 108 Å². The van der Waals surface area contributed by atoms with Crippen molar-refractivity contribution in [3.05, 3.63) is 65.0 Å². The zero-order valence-corrected chi connectivity index (χ0v) is 18.5. The quantitative estimate of drug-likeness (QED) is 0.178. The fourth-order valence-corrected chi connectivity index (χ4v) is 3.51. The molecule has 4 N–H and O–H groups in total. The minimum atomic E-state index is -0.407. The van der Waals surface area contributed by atoms with Gasteiger partial charge < -0.3 is 10.6 Å². The number of nitrogens with one attached hydrogen (secondary N) is 3. The standard InChI is InChI=1S/C25H30FN3O4/c26-20-11-9-18(10-12-20)22(25(32)28-21-13-14-21)16-17-5-7-19(8-6-17)24(31)27-15-3-1-2-4-23(30)29-33/h5,7,9-12,16,21,33H,1-4,6,8,13-15H2,(H,27,31)(H,28,32)(H,29,30)/b22-16+. The van der Waals surface area contributed by atoms with E-state index in [9.17, 15) is 18.8 Å². The number of hydrogen-bond acceptors (Lipinski definition) is 4. The van der Waals surface area contributed by atoms with Crippen LogP contribution in [-0.4, -0.2) is 35.5 Å². The summed E-state index contributed by atoms with van der Waals surface area (Å²) < 4.78 is 13.3. The van der Waals surface area contributed by atoms with Gasteiger partial charge >= 0.3 is 0 Å². The largest absolute Gasteiger partial charge is 0.352 e. The van der Waals surface area contributed by atoms with Crippen LogP contribution in [0.5, 0.6) is 0 Å². The van der Waals surface area contributed by atoms with Crippen molar-refractivity contribution >= 4 is 23.3 Å². The van der Waals surface area contributed by atoms with Crippen LogP contribution in [0, 0.1) is 5.82 Å². The van der Waals surface area contributed by atoms with E-state index >= 15 is 0 Å². The summed E-state index contributed by atoms with van der Waals surface area (Å²) >= 11 is 0. The van der Waals surface area contributed by atoms with Crippen molar-refractivity contribution in [1.82, 2.24) is 16.1 Å². The number of rotatable bonds is 11. The Hall–Kier alpha value is -3.26. The van der Waals surface area contributed by atoms with Crippen LogP contribution < -0.4 is 16.1 Å². The number of amides is 3. The smallest absolute Gasteiger partial charge is 0.252 e. The van der Waals surface area contributed by atoms with Crippen LogP contribution in [0.1, 0.15) is 56.9 Å². The SMILES string of the molecule is O=C(CCCCCNC(=O)C1=CC=C(/C=C(/C(=O)NC2CC2)c2ccc(F)cc2)CC1)NO. The number of unbranched alkanes of at least 4 members (excludes halogenated alkanes) is 2. The molecule has 0 aliphatic heterocycles. The first-order valence-electron chi connectivity index (χ1n) is 11.4. The van der Waals surface area contributed by atoms with Gasteiger partial charge in [-0.15, -0.1) is 0 Å². The highest BCUT2D eigenvalue weighted by Crippen LogP contribution is 2.26. The molecular formula is C25H30FN3O4. The first-order chi connectivity index (χ1) is 16.0. The number of halogens is 1. The molecule has 0 bridgehead atoms. The zero-order valence-electron chi connectivity index (χ0n) is 18.5. The van der Waals surface area contributed by atoms with Gasteiger partial charge in [-0.25, -0.2) is 9.87 Å². The van der Waals surface area contributed by atoms with Crippen LogP contribution in [-0.2, 0) is 14.4 Å². The van der Waals surface area contributed by atoms with E-state index in [1.807, 2.05) is 12.2 Å². The molecule has 1 saturated carbocycles. The molecule has 2 aliphatic rings. The van der Waals surface area contributed by atoms with Gasteiger partial charge in [-0.05, 0) is 67.9 Å². The zero-order chi connectivity index (χ0) is 23.6. The van der Waals surface area contributed by atoms with E-state index in [-0.39, 0.29) is 30.1 Å². The first kappa shape index (κ1) is 24.4. The third-order valence-electron chi connectivity index (χ3n) is 5.61. The summed E-state index contributed by atoms with van der Waals surface area (Å²) in [4.78, 5) is 36.1. The maximum atomic E-state index is 13.3. The molecular weight excluding hydrogens is 425 g/mol. The number of hydrogen-bond donors (Lipinski definition) is 4. The van der Waals surface area contributed by atoms with Crippen molar-refractivity contribution in [2.24, 2.45) is 0 Å². The normalized spacial score (nSPS) is 15.9. The third-order valence-corrected chi connectivity index (χ3v) is 5.61. The van der Waals surface area contributed by atoms with Crippen molar-refractivity contribution < 1.29 is 24.0 Å². The molecule has 0 atom stereocenters. The molecule has 1 aromatic rings. The maximum Gasteiger partial charge on any atom is 0.252 e. The maximum absolute atomic E-state index is 13.3. The monoisotopic (exact) mass is 455 g/mol. The van der Waals surface area contributed by atoms with Crippen molar-refractivity contribution in [3.63, 3.8) is 0 Å². The van der Waals surface area contributed by atoms with Gasteiger partial charge in [0, 0.05) is 30.2 Å². The van der Waals surface area contributed by atoms with Gasteiger partial charge in [0.1, 0.15) is 5.82 Å². The Bertz CT molecular complexity index is 962. The average Bonchev–Trinajstić information content (AvgIpc) is 3.64. The lowest BCUT2D eigenvalue weighted by Gasteiger charge is -2.15. The summed E-state index contributed by atoms with van der Waals surface area (Å²) in [5.74, 6) is -1.05. The van der Waals surface area contributed by atoms with Crippen molar-refractivity contribution in [1.29, 1.82) is 0 Å². The van der Waals surface area contributed by atoms with E-state index < -0.39 is 5.91 Å². The number of hydroxylamine groups is 1. The van der Waals surface area contributed by atoms with Crippen LogP contribution in [0.2, 0.25) is 0 Å². The number of allylic oxidation sites excluding steroid dienone is 4. The number of carbonyl (C=O) groups is 3. The van der Waals surface area contributed by atoms with Gasteiger partial charge in [0.2, 0.25) is 11.8 Å². The van der Waals surface area contributed by atoms with Crippen LogP contribution in [0.4, 0.5) is 4.39 Å². The Labute approximate surface area is 192 Å². The molecule has 0 spiro atoms. The molecule has 3 amide bonds. The Morgan fingerprint density at radius 3 is 2.42 bits per heavy atom. The molecule has 0 radical (unpaired) electrons. The lowest BCUT2D eigenvalue weighted by atomic mass is 9.94. The van der Waals surface area contributed by atoms with Crippen molar-refractivity contribution in [3.8, 4) is 0 Å². The lowest BCUT2D eigenvalue weighted by Crippen LogP contribution is -2.27. The summed E-state index contributed by atoms with van der Waals surface area (Å²) in [6.07, 6.45) is 11.0. The van der Waals surface area contributed by atoms with E-state index in [4.69, 9.17) is 5.21 Å². The second-order valence-corrected chi connectivity index (χ2v) is 8.35. The molecule has 33 heavy (non-hydrogen) atoms. The molecule has 3 rings (SSSR count). The summed E-state index contributed by atoms with van der Waals surface area (Å²) in [5.41, 5.74) is 4.35. The molecule has 0 aromatic heterocycles. The minimum absolute atomic E-state index is 0.118. The van der Waals surface area contributed by atoms with Crippen molar-refractivity contribution in [2.45, 2.75) is 57.4 Å². The second kappa shape index (κ2) is 12.1. The Morgan fingerprint density at radius 1 is 1.03 bits per heavy atom.